The van der Waals surface area contributed by atoms with E-state index in [2.05, 4.69) is 29.0 Å². The van der Waals surface area contributed by atoms with Crippen LogP contribution in [0.25, 0.3) is 0 Å². The molecule has 1 aliphatic heterocycles. The van der Waals surface area contributed by atoms with Crippen molar-refractivity contribution in [2.45, 2.75) is 26.8 Å². The van der Waals surface area contributed by atoms with Crippen LogP contribution in [-0.2, 0) is 0 Å². The first kappa shape index (κ1) is 15.6. The van der Waals surface area contributed by atoms with E-state index in [9.17, 15) is 10.1 Å². The van der Waals surface area contributed by atoms with Gasteiger partial charge >= 0.3 is 5.69 Å². The van der Waals surface area contributed by atoms with Gasteiger partial charge in [-0.1, -0.05) is 13.0 Å². The highest BCUT2D eigenvalue weighted by molar-refractivity contribution is 5.77. The van der Waals surface area contributed by atoms with Crippen molar-refractivity contribution in [3.63, 3.8) is 0 Å². The molecule has 1 heterocycles. The van der Waals surface area contributed by atoms with Crippen molar-refractivity contribution in [2.24, 2.45) is 0 Å². The number of nitro groups is 1. The average Bonchev–Trinajstić information content (AvgIpc) is 2.47. The molecule has 1 saturated heterocycles. The van der Waals surface area contributed by atoms with Crippen LogP contribution in [0.15, 0.2) is 18.2 Å². The van der Waals surface area contributed by atoms with Gasteiger partial charge in [0.15, 0.2) is 0 Å². The number of nitrogens with one attached hydrogen (secondary N) is 1. The molecule has 1 aliphatic rings. The van der Waals surface area contributed by atoms with Gasteiger partial charge in [-0.2, -0.15) is 0 Å². The molecule has 116 valence electrons. The lowest BCUT2D eigenvalue weighted by Gasteiger charge is -2.40. The van der Waals surface area contributed by atoms with E-state index in [0.717, 1.165) is 31.9 Å². The number of anilines is 2. The van der Waals surface area contributed by atoms with Crippen LogP contribution in [0.2, 0.25) is 0 Å². The van der Waals surface area contributed by atoms with Gasteiger partial charge in [0.05, 0.1) is 4.92 Å². The topological polar surface area (TPSA) is 61.6 Å². The summed E-state index contributed by atoms with van der Waals surface area (Å²) < 4.78 is 0. The summed E-state index contributed by atoms with van der Waals surface area (Å²) in [7, 11) is 0. The normalized spacial score (nSPS) is 19.6. The van der Waals surface area contributed by atoms with E-state index in [4.69, 9.17) is 0 Å². The fourth-order valence-corrected chi connectivity index (χ4v) is 3.00. The van der Waals surface area contributed by atoms with E-state index in [0.29, 0.717) is 18.3 Å². The van der Waals surface area contributed by atoms with Crippen molar-refractivity contribution in [3.05, 3.63) is 28.3 Å². The highest BCUT2D eigenvalue weighted by Crippen LogP contribution is 2.36. The fourth-order valence-electron chi connectivity index (χ4n) is 3.00. The third-order valence-electron chi connectivity index (χ3n) is 4.08. The maximum absolute atomic E-state index is 11.5. The lowest BCUT2D eigenvalue weighted by Crippen LogP contribution is -2.51. The molecule has 0 bridgehead atoms. The average molecular weight is 292 g/mol. The van der Waals surface area contributed by atoms with E-state index in [1.54, 1.807) is 6.07 Å². The van der Waals surface area contributed by atoms with E-state index in [1.807, 2.05) is 19.1 Å². The Labute approximate surface area is 125 Å². The lowest BCUT2D eigenvalue weighted by atomic mass is 10.1. The number of piperazine rings is 1. The Bertz CT molecular complexity index is 506. The number of benzene rings is 1. The van der Waals surface area contributed by atoms with Crippen molar-refractivity contribution < 1.29 is 4.92 Å². The number of hydrogen-bond donors (Lipinski definition) is 1. The van der Waals surface area contributed by atoms with Gasteiger partial charge in [-0.05, 0) is 32.5 Å². The van der Waals surface area contributed by atoms with Crippen LogP contribution >= 0.6 is 0 Å². The summed E-state index contributed by atoms with van der Waals surface area (Å²) in [6.07, 6.45) is 0. The molecule has 6 heteroatoms. The molecule has 0 aromatic heterocycles. The van der Waals surface area contributed by atoms with Gasteiger partial charge in [-0.25, -0.2) is 0 Å². The smallest absolute Gasteiger partial charge is 0.315 e. The van der Waals surface area contributed by atoms with Crippen LogP contribution in [-0.4, -0.2) is 48.6 Å². The molecule has 6 nitrogen and oxygen atoms in total. The van der Waals surface area contributed by atoms with Crippen molar-refractivity contribution in [3.8, 4) is 0 Å². The Morgan fingerprint density at radius 1 is 1.38 bits per heavy atom. The summed E-state index contributed by atoms with van der Waals surface area (Å²) in [5.41, 5.74) is 1.52. The van der Waals surface area contributed by atoms with Crippen LogP contribution in [0.3, 0.4) is 0 Å². The van der Waals surface area contributed by atoms with Gasteiger partial charge in [0.25, 0.3) is 0 Å². The molecule has 0 spiro atoms. The Morgan fingerprint density at radius 3 is 2.71 bits per heavy atom. The largest absolute Gasteiger partial charge is 0.380 e. The Hall–Kier alpha value is -1.82. The molecule has 0 amide bonds. The second-order valence-electron chi connectivity index (χ2n) is 5.38. The fraction of sp³-hybridized carbons (Fsp3) is 0.600. The SMILES string of the molecule is CCNc1cccc(N2CCN(CC)C(C)C2)c1[N+](=O)[O-]. The first-order chi connectivity index (χ1) is 10.1. The maximum Gasteiger partial charge on any atom is 0.315 e. The summed E-state index contributed by atoms with van der Waals surface area (Å²) >= 11 is 0. The molecular weight excluding hydrogens is 268 g/mol. The van der Waals surface area contributed by atoms with Gasteiger partial charge in [0, 0.05) is 32.2 Å². The summed E-state index contributed by atoms with van der Waals surface area (Å²) in [5.74, 6) is 0. The van der Waals surface area contributed by atoms with Gasteiger partial charge in [-0.15, -0.1) is 0 Å². The zero-order valence-electron chi connectivity index (χ0n) is 13.0. The van der Waals surface area contributed by atoms with Crippen molar-refractivity contribution in [1.82, 2.24) is 4.90 Å². The molecule has 1 fully saturated rings. The maximum atomic E-state index is 11.5. The Kier molecular flexibility index (Phi) is 5.01. The second kappa shape index (κ2) is 6.76. The molecule has 2 rings (SSSR count). The monoisotopic (exact) mass is 292 g/mol. The van der Waals surface area contributed by atoms with E-state index in [1.165, 1.54) is 0 Å². The quantitative estimate of drug-likeness (QED) is 0.667. The predicted molar refractivity (Wildman–Crippen MR) is 86.2 cm³/mol. The molecule has 1 atom stereocenters. The second-order valence-corrected chi connectivity index (χ2v) is 5.38. The molecule has 1 N–H and O–H groups in total. The van der Waals surface area contributed by atoms with Crippen molar-refractivity contribution in [1.29, 1.82) is 0 Å². The number of para-hydroxylation sites is 1. The molecule has 0 saturated carbocycles. The summed E-state index contributed by atoms with van der Waals surface area (Å²) in [5, 5.41) is 14.6. The minimum absolute atomic E-state index is 0.191. The molecular formula is C15H24N4O2. The van der Waals surface area contributed by atoms with E-state index >= 15 is 0 Å². The third-order valence-corrected chi connectivity index (χ3v) is 4.08. The summed E-state index contributed by atoms with van der Waals surface area (Å²) in [6.45, 7) is 10.6. The molecule has 0 radical (unpaired) electrons. The van der Waals surface area contributed by atoms with Crippen LogP contribution < -0.4 is 10.2 Å². The first-order valence-electron chi connectivity index (χ1n) is 7.58. The van der Waals surface area contributed by atoms with E-state index < -0.39 is 0 Å². The van der Waals surface area contributed by atoms with E-state index in [-0.39, 0.29) is 10.6 Å². The van der Waals surface area contributed by atoms with Gasteiger partial charge in [0.2, 0.25) is 0 Å². The zero-order chi connectivity index (χ0) is 15.4. The van der Waals surface area contributed by atoms with Crippen LogP contribution in [0, 0.1) is 10.1 Å². The van der Waals surface area contributed by atoms with Gasteiger partial charge in [0.1, 0.15) is 11.4 Å². The molecule has 0 aliphatic carbocycles. The number of nitrogens with zero attached hydrogens (tertiary/aromatic N) is 3. The molecule has 1 aromatic carbocycles. The number of nitro benzene ring substituents is 1. The minimum Gasteiger partial charge on any atom is -0.380 e. The molecule has 21 heavy (non-hydrogen) atoms. The standard InChI is InChI=1S/C15H24N4O2/c1-4-16-13-7-6-8-14(15(13)19(20)21)18-10-9-17(5-2)12(3)11-18/h6-8,12,16H,4-5,9-11H2,1-3H3. The summed E-state index contributed by atoms with van der Waals surface area (Å²) in [6, 6.07) is 5.92. The Balaban J connectivity index is 2.31. The Morgan fingerprint density at radius 2 is 2.14 bits per heavy atom. The highest BCUT2D eigenvalue weighted by Gasteiger charge is 2.28. The van der Waals surface area contributed by atoms with Crippen molar-refractivity contribution >= 4 is 17.1 Å². The number of hydrogen-bond acceptors (Lipinski definition) is 5. The lowest BCUT2D eigenvalue weighted by molar-refractivity contribution is -0.383. The number of likely N-dealkylation sites (N-methyl/N-ethyl adjacent to an activating group) is 1. The number of rotatable bonds is 5. The zero-order valence-corrected chi connectivity index (χ0v) is 13.0. The highest BCUT2D eigenvalue weighted by atomic mass is 16.6. The van der Waals surface area contributed by atoms with Crippen LogP contribution in [0.1, 0.15) is 20.8 Å². The van der Waals surface area contributed by atoms with Gasteiger partial charge in [-0.3, -0.25) is 15.0 Å². The molecule has 1 aromatic rings. The van der Waals surface area contributed by atoms with Crippen LogP contribution in [0.4, 0.5) is 17.1 Å². The molecule has 1 unspecified atom stereocenters. The predicted octanol–water partition coefficient (Wildman–Crippen LogP) is 2.56. The summed E-state index contributed by atoms with van der Waals surface area (Å²) in [4.78, 5) is 15.8. The van der Waals surface area contributed by atoms with Crippen molar-refractivity contribution in [2.75, 3.05) is 42.9 Å². The van der Waals surface area contributed by atoms with Gasteiger partial charge < -0.3 is 10.2 Å². The minimum atomic E-state index is -0.274. The third kappa shape index (κ3) is 3.26. The van der Waals surface area contributed by atoms with Crippen LogP contribution in [0.5, 0.6) is 0 Å². The first-order valence-corrected chi connectivity index (χ1v) is 7.58.